The maximum Gasteiger partial charge on any atom is 1.00 e. The third-order valence-electron chi connectivity index (χ3n) is 0.390. The maximum absolute atomic E-state index is 4.97. The van der Waals surface area contributed by atoms with Gasteiger partial charge in [0.05, 0.1) is 6.61 Å². The van der Waals surface area contributed by atoms with Crippen molar-refractivity contribution in [2.45, 2.75) is 13.3 Å². The fourth-order valence-corrected chi connectivity index (χ4v) is 0.837. The van der Waals surface area contributed by atoms with Crippen LogP contribution in [0.25, 0.3) is 0 Å². The van der Waals surface area contributed by atoms with Gasteiger partial charge in [-0.15, -0.1) is 0 Å². The van der Waals surface area contributed by atoms with Gasteiger partial charge >= 0.3 is 1.43 Å². The van der Waals surface area contributed by atoms with Crippen LogP contribution in [0.2, 0.25) is 0 Å². The van der Waals surface area contributed by atoms with Crippen LogP contribution in [-0.4, -0.2) is 6.61 Å². The highest BCUT2D eigenvalue weighted by molar-refractivity contribution is 8.00. The molecule has 2 atom stereocenters. The number of rotatable bonds is 3. The van der Waals surface area contributed by atoms with E-state index in [1.807, 2.05) is 0 Å². The van der Waals surface area contributed by atoms with Crippen molar-refractivity contribution < 1.29 is 5.95 Å². The molecule has 2 unspecified atom stereocenters. The van der Waals surface area contributed by atoms with Crippen molar-refractivity contribution in [2.24, 2.45) is 0 Å². The molecule has 0 heterocycles. The SMILES string of the molecule is CCCOPP.[H+]. The van der Waals surface area contributed by atoms with Crippen LogP contribution in [0, 0.1) is 0 Å². The Morgan fingerprint density at radius 2 is 2.67 bits per heavy atom. The van der Waals surface area contributed by atoms with Crippen molar-refractivity contribution in [3.8, 4) is 0 Å². The first kappa shape index (κ1) is 6.82. The van der Waals surface area contributed by atoms with Gasteiger partial charge in [-0.25, -0.2) is 0 Å². The third-order valence-corrected chi connectivity index (χ3v) is 1.26. The van der Waals surface area contributed by atoms with E-state index < -0.39 is 0 Å². The summed E-state index contributed by atoms with van der Waals surface area (Å²) in [6.45, 7) is 3.01. The fraction of sp³-hybridized carbons (Fsp3) is 1.00. The molecule has 0 spiro atoms. The summed E-state index contributed by atoms with van der Waals surface area (Å²) in [5, 5.41) is 0. The normalized spacial score (nSPS) is 11.0. The zero-order valence-corrected chi connectivity index (χ0v) is 6.05. The first-order valence-corrected chi connectivity index (χ1v) is 4.71. The summed E-state index contributed by atoms with van der Waals surface area (Å²) in [5.74, 6) is 0. The van der Waals surface area contributed by atoms with E-state index in [2.05, 4.69) is 15.9 Å². The lowest BCUT2D eigenvalue weighted by Crippen LogP contribution is -1.75. The molecule has 38 valence electrons. The highest BCUT2D eigenvalue weighted by atomic mass is 32.0. The molecule has 0 aliphatic rings. The minimum atomic E-state index is 0. The lowest BCUT2D eigenvalue weighted by molar-refractivity contribution is 0.369. The lowest BCUT2D eigenvalue weighted by Gasteiger charge is -1.91. The minimum absolute atomic E-state index is 0. The van der Waals surface area contributed by atoms with Gasteiger partial charge in [-0.1, -0.05) is 15.9 Å². The van der Waals surface area contributed by atoms with Gasteiger partial charge in [-0.3, -0.25) is 0 Å². The molecule has 0 fully saturated rings. The van der Waals surface area contributed by atoms with E-state index >= 15 is 0 Å². The molecule has 1 nitrogen and oxygen atoms in total. The summed E-state index contributed by atoms with van der Waals surface area (Å²) in [6, 6.07) is 0. The van der Waals surface area contributed by atoms with Crippen molar-refractivity contribution in [2.75, 3.05) is 6.61 Å². The van der Waals surface area contributed by atoms with Gasteiger partial charge in [0.2, 0.25) is 0 Å². The van der Waals surface area contributed by atoms with Crippen molar-refractivity contribution >= 4 is 17.4 Å². The van der Waals surface area contributed by atoms with E-state index in [4.69, 9.17) is 4.52 Å². The summed E-state index contributed by atoms with van der Waals surface area (Å²) < 4.78 is 4.97. The second-order valence-corrected chi connectivity index (χ2v) is 2.20. The second kappa shape index (κ2) is 5.82. The summed E-state index contributed by atoms with van der Waals surface area (Å²) in [7, 11) is 3.12. The Kier molecular flexibility index (Phi) is 6.62. The molecule has 0 aromatic carbocycles. The van der Waals surface area contributed by atoms with E-state index in [1.54, 1.807) is 0 Å². The summed E-state index contributed by atoms with van der Waals surface area (Å²) >= 11 is 0. The van der Waals surface area contributed by atoms with Gasteiger partial charge in [0, 0.05) is 8.50 Å². The zero-order chi connectivity index (χ0) is 4.83. The predicted molar refractivity (Wildman–Crippen MR) is 35.4 cm³/mol. The molecule has 0 aromatic heterocycles. The van der Waals surface area contributed by atoms with Crippen LogP contribution in [0.3, 0.4) is 0 Å². The van der Waals surface area contributed by atoms with Crippen molar-refractivity contribution in [1.29, 1.82) is 0 Å². The second-order valence-electron chi connectivity index (χ2n) is 0.966. The van der Waals surface area contributed by atoms with Gasteiger partial charge in [0.1, 0.15) is 0 Å². The Morgan fingerprint density at radius 3 is 2.83 bits per heavy atom. The van der Waals surface area contributed by atoms with E-state index in [0.29, 0.717) is 8.50 Å². The molecule has 3 heteroatoms. The number of hydrogen-bond donors (Lipinski definition) is 0. The molecule has 6 heavy (non-hydrogen) atoms. The van der Waals surface area contributed by atoms with Crippen molar-refractivity contribution in [1.82, 2.24) is 0 Å². The lowest BCUT2D eigenvalue weighted by atomic mass is 10.5. The third kappa shape index (κ3) is 4.82. The topological polar surface area (TPSA) is 9.23 Å². The van der Waals surface area contributed by atoms with Gasteiger partial charge in [-0.05, 0) is 6.42 Å². The molecule has 0 aliphatic carbocycles. The van der Waals surface area contributed by atoms with Gasteiger partial charge in [0.15, 0.2) is 0 Å². The average molecular weight is 125 g/mol. The van der Waals surface area contributed by atoms with Crippen LogP contribution in [0.15, 0.2) is 0 Å². The monoisotopic (exact) mass is 125 g/mol. The number of hydrogen-bond acceptors (Lipinski definition) is 1. The molecular formula is C3H11OP2+. The molecule has 0 amide bonds. The Labute approximate surface area is 44.3 Å². The van der Waals surface area contributed by atoms with Crippen molar-refractivity contribution in [3.63, 3.8) is 0 Å². The standard InChI is InChI=1S/C3H10OP2/c1-2-3-4-6-5/h6H,2-3,5H2,1H3/p+1. The van der Waals surface area contributed by atoms with E-state index in [0.717, 1.165) is 13.0 Å². The van der Waals surface area contributed by atoms with Gasteiger partial charge in [-0.2, -0.15) is 0 Å². The van der Waals surface area contributed by atoms with Crippen LogP contribution >= 0.6 is 17.4 Å². The summed E-state index contributed by atoms with van der Waals surface area (Å²) in [5.41, 5.74) is 0. The highest BCUT2D eigenvalue weighted by Gasteiger charge is 1.72. The Bertz CT molecular complexity index is 24.9. The largest absolute Gasteiger partial charge is 1.00 e. The van der Waals surface area contributed by atoms with E-state index in [9.17, 15) is 0 Å². The van der Waals surface area contributed by atoms with Crippen molar-refractivity contribution in [3.05, 3.63) is 0 Å². The molecule has 0 aromatic rings. The Morgan fingerprint density at radius 1 is 2.00 bits per heavy atom. The van der Waals surface area contributed by atoms with Gasteiger partial charge in [0.25, 0.3) is 0 Å². The summed E-state index contributed by atoms with van der Waals surface area (Å²) in [6.07, 6.45) is 1.13. The molecule has 0 rings (SSSR count). The molecular weight excluding hydrogens is 114 g/mol. The van der Waals surface area contributed by atoms with Crippen LogP contribution in [-0.2, 0) is 4.52 Å². The average Bonchev–Trinajstić information content (AvgIpc) is 1.61. The first-order chi connectivity index (χ1) is 2.91. The fourth-order valence-electron chi connectivity index (χ4n) is 0.161. The smallest absolute Gasteiger partial charge is 0.358 e. The molecule has 0 saturated carbocycles. The maximum atomic E-state index is 4.97. The molecule has 0 bridgehead atoms. The van der Waals surface area contributed by atoms with Crippen LogP contribution in [0.4, 0.5) is 0 Å². The molecule has 0 saturated heterocycles. The molecule has 0 N–H and O–H groups in total. The van der Waals surface area contributed by atoms with E-state index in [1.165, 1.54) is 0 Å². The van der Waals surface area contributed by atoms with Crippen LogP contribution in [0.5, 0.6) is 0 Å². The molecule has 0 radical (unpaired) electrons. The first-order valence-electron chi connectivity index (χ1n) is 1.99. The quantitative estimate of drug-likeness (QED) is 0.413. The Balaban J connectivity index is 0. The minimum Gasteiger partial charge on any atom is -0.358 e. The highest BCUT2D eigenvalue weighted by Crippen LogP contribution is 2.20. The summed E-state index contributed by atoms with van der Waals surface area (Å²) in [4.78, 5) is 0. The van der Waals surface area contributed by atoms with E-state index in [-0.39, 0.29) is 1.43 Å². The zero-order valence-electron chi connectivity index (χ0n) is 4.90. The van der Waals surface area contributed by atoms with Crippen LogP contribution in [0.1, 0.15) is 14.8 Å². The van der Waals surface area contributed by atoms with Gasteiger partial charge < -0.3 is 4.52 Å². The van der Waals surface area contributed by atoms with Crippen LogP contribution < -0.4 is 0 Å². The Hall–Kier alpha value is 0.820. The predicted octanol–water partition coefficient (Wildman–Crippen LogP) is 1.91. The molecule has 0 aliphatic heterocycles.